The number of aliphatic carboxylic acids is 1. The van der Waals surface area contributed by atoms with Crippen LogP contribution in [0.1, 0.15) is 36.8 Å². The minimum Gasteiger partial charge on any atom is -0.478 e. The molecule has 2 saturated carbocycles. The van der Waals surface area contributed by atoms with Gasteiger partial charge in [0.15, 0.2) is 0 Å². The van der Waals surface area contributed by atoms with Gasteiger partial charge in [-0.15, -0.1) is 0 Å². The molecular weight excluding hydrogens is 285 g/mol. The molecule has 21 heavy (non-hydrogen) atoms. The molecule has 1 aromatic rings. The van der Waals surface area contributed by atoms with Crippen molar-refractivity contribution in [2.45, 2.75) is 49.8 Å². The van der Waals surface area contributed by atoms with Crippen molar-refractivity contribution in [3.05, 3.63) is 29.3 Å². The van der Waals surface area contributed by atoms with E-state index in [-0.39, 0.29) is 24.2 Å². The van der Waals surface area contributed by atoms with E-state index < -0.39 is 23.2 Å². The Kier molecular flexibility index (Phi) is 2.81. The van der Waals surface area contributed by atoms with Gasteiger partial charge in [-0.05, 0) is 31.4 Å². The highest BCUT2D eigenvalue weighted by atomic mass is 19.4. The lowest BCUT2D eigenvalue weighted by Crippen LogP contribution is -2.33. The molecule has 0 saturated heterocycles. The Hall–Kier alpha value is -1.72. The normalized spacial score (nSPS) is 21.7. The number of ether oxygens (including phenoxy) is 1. The highest BCUT2D eigenvalue weighted by molar-refractivity contribution is 5.81. The van der Waals surface area contributed by atoms with Crippen LogP contribution in [-0.4, -0.2) is 22.9 Å². The fraction of sp³-hybridized carbons (Fsp3) is 0.533. The van der Waals surface area contributed by atoms with Crippen LogP contribution in [-0.2, 0) is 10.2 Å². The van der Waals surface area contributed by atoms with Gasteiger partial charge in [0.25, 0.3) is 0 Å². The second-order valence-electron chi connectivity index (χ2n) is 5.98. The first-order chi connectivity index (χ1) is 9.70. The number of hydrogen-bond acceptors (Lipinski definition) is 2. The fourth-order valence-electron chi connectivity index (χ4n) is 2.62. The average Bonchev–Trinajstić information content (AvgIpc) is 3.21. The Morgan fingerprint density at radius 2 is 1.86 bits per heavy atom. The summed E-state index contributed by atoms with van der Waals surface area (Å²) in [4.78, 5) is 11.2. The first-order valence-corrected chi connectivity index (χ1v) is 6.81. The second kappa shape index (κ2) is 4.15. The number of halogens is 3. The van der Waals surface area contributed by atoms with E-state index in [9.17, 15) is 18.0 Å². The Labute approximate surface area is 119 Å². The Balaban J connectivity index is 2.01. The van der Waals surface area contributed by atoms with Crippen molar-refractivity contribution in [2.75, 3.05) is 0 Å². The molecule has 0 amide bonds. The summed E-state index contributed by atoms with van der Waals surface area (Å²) in [6, 6.07) is 4.53. The summed E-state index contributed by atoms with van der Waals surface area (Å²) < 4.78 is 45.4. The molecule has 0 aliphatic heterocycles. The van der Waals surface area contributed by atoms with Crippen molar-refractivity contribution in [2.24, 2.45) is 0 Å². The van der Waals surface area contributed by atoms with Gasteiger partial charge in [-0.1, -0.05) is 12.1 Å². The van der Waals surface area contributed by atoms with E-state index in [1.807, 2.05) is 0 Å². The molecule has 2 fully saturated rings. The molecule has 114 valence electrons. The monoisotopic (exact) mass is 300 g/mol. The van der Waals surface area contributed by atoms with Gasteiger partial charge in [-0.2, -0.15) is 13.2 Å². The van der Waals surface area contributed by atoms with E-state index >= 15 is 0 Å². The highest BCUT2D eigenvalue weighted by Gasteiger charge is 2.65. The van der Waals surface area contributed by atoms with E-state index in [4.69, 9.17) is 9.84 Å². The smallest absolute Gasteiger partial charge is 0.398 e. The maximum Gasteiger partial charge on any atom is 0.398 e. The third-order valence-corrected chi connectivity index (χ3v) is 4.34. The van der Waals surface area contributed by atoms with Crippen LogP contribution in [0.5, 0.6) is 5.75 Å². The number of carboxylic acid groups (broad SMARTS) is 1. The van der Waals surface area contributed by atoms with E-state index in [1.165, 1.54) is 12.1 Å². The summed E-state index contributed by atoms with van der Waals surface area (Å²) in [7, 11) is 0. The second-order valence-corrected chi connectivity index (χ2v) is 5.98. The molecule has 1 aromatic carbocycles. The van der Waals surface area contributed by atoms with Gasteiger partial charge < -0.3 is 9.84 Å². The van der Waals surface area contributed by atoms with Gasteiger partial charge in [0, 0.05) is 18.4 Å². The minimum absolute atomic E-state index is 0.0238. The molecule has 6 heteroatoms. The van der Waals surface area contributed by atoms with Crippen molar-refractivity contribution in [3.63, 3.8) is 0 Å². The first kappa shape index (κ1) is 14.2. The van der Waals surface area contributed by atoms with Gasteiger partial charge in [0.05, 0.1) is 5.41 Å². The number of carboxylic acids is 1. The summed E-state index contributed by atoms with van der Waals surface area (Å²) >= 11 is 0. The third kappa shape index (κ3) is 2.17. The molecule has 2 aliphatic rings. The molecule has 3 nitrogen and oxygen atoms in total. The van der Waals surface area contributed by atoms with Crippen molar-refractivity contribution in [1.29, 1.82) is 0 Å². The van der Waals surface area contributed by atoms with Gasteiger partial charge in [-0.3, -0.25) is 0 Å². The Bertz CT molecular complexity index is 599. The average molecular weight is 300 g/mol. The van der Waals surface area contributed by atoms with Crippen molar-refractivity contribution < 1.29 is 27.8 Å². The van der Waals surface area contributed by atoms with Crippen molar-refractivity contribution >= 4 is 5.97 Å². The quantitative estimate of drug-likeness (QED) is 0.924. The van der Waals surface area contributed by atoms with Gasteiger partial charge >= 0.3 is 12.1 Å². The van der Waals surface area contributed by atoms with E-state index in [0.29, 0.717) is 12.8 Å². The van der Waals surface area contributed by atoms with Crippen LogP contribution in [0.15, 0.2) is 18.2 Å². The number of alkyl halides is 3. The number of benzene rings is 1. The van der Waals surface area contributed by atoms with Crippen LogP contribution in [0.2, 0.25) is 0 Å². The summed E-state index contributed by atoms with van der Waals surface area (Å²) in [6.07, 6.45) is -3.64. The third-order valence-electron chi connectivity index (χ3n) is 4.34. The Morgan fingerprint density at radius 1 is 1.24 bits per heavy atom. The molecule has 0 radical (unpaired) electrons. The SMILES string of the molecule is Cc1ccc(C2(C(F)(F)F)CC2)c(OC2(C(=O)O)CC2)c1. The fourth-order valence-corrected chi connectivity index (χ4v) is 2.62. The zero-order chi connectivity index (χ0) is 15.5. The standard InChI is InChI=1S/C15H15F3O3/c1-9-2-3-10(13(4-5-13)15(16,17)18)11(8-9)21-14(6-7-14)12(19)20/h2-3,8H,4-7H2,1H3,(H,19,20). The van der Waals surface area contributed by atoms with Crippen LogP contribution in [0.25, 0.3) is 0 Å². The first-order valence-electron chi connectivity index (χ1n) is 6.81. The van der Waals surface area contributed by atoms with Crippen LogP contribution < -0.4 is 4.74 Å². The molecule has 0 atom stereocenters. The molecule has 0 unspecified atom stereocenters. The predicted molar refractivity (Wildman–Crippen MR) is 68.4 cm³/mol. The summed E-state index contributed by atoms with van der Waals surface area (Å²) in [5.74, 6) is -1.06. The molecule has 0 aromatic heterocycles. The topological polar surface area (TPSA) is 46.5 Å². The number of carbonyl (C=O) groups is 1. The predicted octanol–water partition coefficient (Wildman–Crippen LogP) is 3.58. The van der Waals surface area contributed by atoms with Crippen molar-refractivity contribution in [3.8, 4) is 5.75 Å². The van der Waals surface area contributed by atoms with E-state index in [2.05, 4.69) is 0 Å². The molecule has 2 aliphatic carbocycles. The Morgan fingerprint density at radius 3 is 2.29 bits per heavy atom. The maximum atomic E-state index is 13.3. The number of rotatable bonds is 4. The van der Waals surface area contributed by atoms with Crippen LogP contribution in [0, 0.1) is 6.92 Å². The molecule has 0 spiro atoms. The van der Waals surface area contributed by atoms with Crippen molar-refractivity contribution in [1.82, 2.24) is 0 Å². The van der Waals surface area contributed by atoms with Crippen LogP contribution in [0.4, 0.5) is 13.2 Å². The molecular formula is C15H15F3O3. The summed E-state index contributed by atoms with van der Waals surface area (Å²) in [6.45, 7) is 1.74. The van der Waals surface area contributed by atoms with Gasteiger partial charge in [-0.25, -0.2) is 4.79 Å². The summed E-state index contributed by atoms with van der Waals surface area (Å²) in [5, 5.41) is 9.16. The minimum atomic E-state index is -4.35. The van der Waals surface area contributed by atoms with Crippen LogP contribution >= 0.6 is 0 Å². The lowest BCUT2D eigenvalue weighted by Gasteiger charge is -2.24. The molecule has 0 bridgehead atoms. The maximum absolute atomic E-state index is 13.3. The zero-order valence-corrected chi connectivity index (χ0v) is 11.5. The lowest BCUT2D eigenvalue weighted by atomic mass is 9.93. The zero-order valence-electron chi connectivity index (χ0n) is 11.5. The van der Waals surface area contributed by atoms with E-state index in [0.717, 1.165) is 5.56 Å². The molecule has 1 N–H and O–H groups in total. The molecule has 3 rings (SSSR count). The highest BCUT2D eigenvalue weighted by Crippen LogP contribution is 2.61. The number of aryl methyl sites for hydroxylation is 1. The van der Waals surface area contributed by atoms with E-state index in [1.54, 1.807) is 13.0 Å². The summed E-state index contributed by atoms with van der Waals surface area (Å²) in [5.41, 5.74) is -2.41. The molecule has 0 heterocycles. The number of hydrogen-bond donors (Lipinski definition) is 1. The lowest BCUT2D eigenvalue weighted by molar-refractivity contribution is -0.161. The van der Waals surface area contributed by atoms with Gasteiger partial charge in [0.2, 0.25) is 5.60 Å². The van der Waals surface area contributed by atoms with Gasteiger partial charge in [0.1, 0.15) is 5.75 Å². The largest absolute Gasteiger partial charge is 0.478 e. The van der Waals surface area contributed by atoms with Crippen LogP contribution in [0.3, 0.4) is 0 Å².